The van der Waals surface area contributed by atoms with Gasteiger partial charge in [-0.05, 0) is 24.6 Å². The molecule has 0 aliphatic carbocycles. The Labute approximate surface area is 99.0 Å². The van der Waals surface area contributed by atoms with Crippen LogP contribution in [0.2, 0.25) is 0 Å². The number of rotatable bonds is 3. The van der Waals surface area contributed by atoms with Crippen LogP contribution in [0, 0.1) is 12.7 Å². The molecule has 0 heterocycles. The van der Waals surface area contributed by atoms with Crippen molar-refractivity contribution in [2.45, 2.75) is 11.8 Å². The Hall–Kier alpha value is -0.220. The van der Waals surface area contributed by atoms with E-state index in [9.17, 15) is 9.18 Å². The number of halogens is 3. The maximum atomic E-state index is 13.3. The van der Waals surface area contributed by atoms with E-state index in [1.54, 1.807) is 13.0 Å². The normalized spacial score (nSPS) is 12.6. The number of Topliss-reactive ketones (excluding diaryl/α,β-unsaturated/α-hetero) is 1. The predicted molar refractivity (Wildman–Crippen MR) is 62.0 cm³/mol. The number of hydrogen-bond acceptors (Lipinski definition) is 1. The van der Waals surface area contributed by atoms with Gasteiger partial charge in [-0.15, -0.1) is 0 Å². The molecule has 0 aliphatic heterocycles. The summed E-state index contributed by atoms with van der Waals surface area (Å²) in [5.41, 5.74) is 0.945. The molecule has 1 nitrogen and oxygen atoms in total. The Morgan fingerprint density at radius 1 is 1.57 bits per heavy atom. The molecule has 0 saturated carbocycles. The molecule has 0 N–H and O–H groups in total. The number of hydrogen-bond donors (Lipinski definition) is 0. The second-order valence-corrected chi connectivity index (χ2v) is 4.72. The third-order valence-electron chi connectivity index (χ3n) is 1.81. The molecule has 1 aromatic carbocycles. The first-order valence-electron chi connectivity index (χ1n) is 4.06. The molecule has 0 bridgehead atoms. The highest BCUT2D eigenvalue weighted by Gasteiger charge is 2.18. The second-order valence-electron chi connectivity index (χ2n) is 2.97. The van der Waals surface area contributed by atoms with Crippen molar-refractivity contribution < 1.29 is 9.18 Å². The lowest BCUT2D eigenvalue weighted by molar-refractivity contribution is 0.0993. The summed E-state index contributed by atoms with van der Waals surface area (Å²) >= 11 is 6.33. The van der Waals surface area contributed by atoms with Gasteiger partial charge in [0.05, 0.1) is 10.4 Å². The predicted octanol–water partition coefficient (Wildman–Crippen LogP) is 3.48. The fourth-order valence-corrected chi connectivity index (χ4v) is 1.60. The molecule has 0 amide bonds. The molecule has 0 spiro atoms. The minimum absolute atomic E-state index is 0.136. The van der Waals surface area contributed by atoms with Crippen LogP contribution in [0.1, 0.15) is 15.9 Å². The van der Waals surface area contributed by atoms with E-state index in [2.05, 4.69) is 31.9 Å². The molecule has 0 aromatic heterocycles. The number of carbonyl (C=O) groups excluding carboxylic acids is 1. The summed E-state index contributed by atoms with van der Waals surface area (Å²) in [5, 5.41) is 0.471. The van der Waals surface area contributed by atoms with Crippen LogP contribution < -0.4 is 0 Å². The van der Waals surface area contributed by atoms with Crippen molar-refractivity contribution in [3.63, 3.8) is 0 Å². The van der Waals surface area contributed by atoms with Crippen LogP contribution in [0.3, 0.4) is 0 Å². The van der Waals surface area contributed by atoms with Crippen LogP contribution in [-0.2, 0) is 0 Å². The van der Waals surface area contributed by atoms with Gasteiger partial charge in [-0.3, -0.25) is 4.79 Å². The van der Waals surface area contributed by atoms with E-state index >= 15 is 0 Å². The summed E-state index contributed by atoms with van der Waals surface area (Å²) in [6.45, 7) is 1.79. The fraction of sp³-hybridized carbons (Fsp3) is 0.300. The Kier molecular flexibility index (Phi) is 4.26. The van der Waals surface area contributed by atoms with Crippen molar-refractivity contribution in [3.8, 4) is 0 Å². The number of carbonyl (C=O) groups is 1. The third kappa shape index (κ3) is 2.64. The molecular weight excluding hydrogens is 315 g/mol. The van der Waals surface area contributed by atoms with Crippen molar-refractivity contribution in [3.05, 3.63) is 35.1 Å². The van der Waals surface area contributed by atoms with Gasteiger partial charge in [0, 0.05) is 5.33 Å². The van der Waals surface area contributed by atoms with E-state index < -0.39 is 5.82 Å². The van der Waals surface area contributed by atoms with Crippen LogP contribution in [0.5, 0.6) is 0 Å². The quantitative estimate of drug-likeness (QED) is 0.615. The molecule has 0 radical (unpaired) electrons. The first-order valence-corrected chi connectivity index (χ1v) is 6.10. The van der Waals surface area contributed by atoms with E-state index in [1.807, 2.05) is 0 Å². The van der Waals surface area contributed by atoms with E-state index in [1.165, 1.54) is 12.1 Å². The lowest BCUT2D eigenvalue weighted by atomic mass is 10.1. The van der Waals surface area contributed by atoms with Crippen molar-refractivity contribution >= 4 is 37.6 Å². The SMILES string of the molecule is Cc1ccc(C(=O)C(Br)CBr)c(F)c1. The van der Waals surface area contributed by atoms with Gasteiger partial charge in [0.25, 0.3) is 0 Å². The summed E-state index contributed by atoms with van der Waals surface area (Å²) in [4.78, 5) is 11.2. The Balaban J connectivity index is 3.02. The van der Waals surface area contributed by atoms with E-state index in [-0.39, 0.29) is 16.2 Å². The fourth-order valence-electron chi connectivity index (χ4n) is 1.06. The molecule has 0 fully saturated rings. The smallest absolute Gasteiger partial charge is 0.180 e. The van der Waals surface area contributed by atoms with Crippen LogP contribution in [0.4, 0.5) is 4.39 Å². The Bertz CT molecular complexity index is 352. The number of aryl methyl sites for hydroxylation is 1. The van der Waals surface area contributed by atoms with Crippen LogP contribution in [0.15, 0.2) is 18.2 Å². The van der Waals surface area contributed by atoms with Gasteiger partial charge in [-0.1, -0.05) is 37.9 Å². The van der Waals surface area contributed by atoms with E-state index in [0.717, 1.165) is 5.56 Å². The number of ketones is 1. The minimum atomic E-state index is -0.458. The van der Waals surface area contributed by atoms with Crippen molar-refractivity contribution in [1.29, 1.82) is 0 Å². The summed E-state index contributed by atoms with van der Waals surface area (Å²) in [5.74, 6) is -0.695. The monoisotopic (exact) mass is 322 g/mol. The topological polar surface area (TPSA) is 17.1 Å². The van der Waals surface area contributed by atoms with E-state index in [0.29, 0.717) is 5.33 Å². The molecule has 0 saturated heterocycles. The zero-order chi connectivity index (χ0) is 10.7. The highest BCUT2D eigenvalue weighted by molar-refractivity contribution is 9.12. The highest BCUT2D eigenvalue weighted by atomic mass is 79.9. The summed E-state index contributed by atoms with van der Waals surface area (Å²) in [6.07, 6.45) is 0. The first kappa shape index (κ1) is 11.9. The molecule has 4 heteroatoms. The van der Waals surface area contributed by atoms with Gasteiger partial charge >= 0.3 is 0 Å². The molecule has 14 heavy (non-hydrogen) atoms. The number of alkyl halides is 2. The summed E-state index contributed by atoms with van der Waals surface area (Å²) in [7, 11) is 0. The molecule has 0 aliphatic rings. The third-order valence-corrected chi connectivity index (χ3v) is 4.07. The molecule has 1 aromatic rings. The van der Waals surface area contributed by atoms with Gasteiger partial charge in [0.15, 0.2) is 5.78 Å². The Morgan fingerprint density at radius 3 is 2.71 bits per heavy atom. The molecule has 76 valence electrons. The second kappa shape index (κ2) is 5.03. The highest BCUT2D eigenvalue weighted by Crippen LogP contribution is 2.16. The number of benzene rings is 1. The zero-order valence-electron chi connectivity index (χ0n) is 7.56. The zero-order valence-corrected chi connectivity index (χ0v) is 10.7. The standard InChI is InChI=1S/C10H9Br2FO/c1-6-2-3-7(9(13)4-6)10(14)8(12)5-11/h2-4,8H,5H2,1H3. The largest absolute Gasteiger partial charge is 0.293 e. The van der Waals surface area contributed by atoms with Crippen molar-refractivity contribution in [2.24, 2.45) is 0 Å². The molecule has 1 rings (SSSR count). The lowest BCUT2D eigenvalue weighted by Gasteiger charge is -2.06. The van der Waals surface area contributed by atoms with Gasteiger partial charge in [-0.25, -0.2) is 4.39 Å². The van der Waals surface area contributed by atoms with Crippen molar-refractivity contribution in [1.82, 2.24) is 0 Å². The molecule has 1 unspecified atom stereocenters. The maximum Gasteiger partial charge on any atom is 0.180 e. The van der Waals surface area contributed by atoms with E-state index in [4.69, 9.17) is 0 Å². The first-order chi connectivity index (χ1) is 6.56. The van der Waals surface area contributed by atoms with Crippen molar-refractivity contribution in [2.75, 3.05) is 5.33 Å². The van der Waals surface area contributed by atoms with Gasteiger partial charge in [-0.2, -0.15) is 0 Å². The molecular formula is C10H9Br2FO. The summed E-state index contributed by atoms with van der Waals surface area (Å²) in [6, 6.07) is 4.61. The average Bonchev–Trinajstić information content (AvgIpc) is 2.15. The van der Waals surface area contributed by atoms with Crippen LogP contribution >= 0.6 is 31.9 Å². The van der Waals surface area contributed by atoms with Gasteiger partial charge in [0.2, 0.25) is 0 Å². The van der Waals surface area contributed by atoms with Crippen LogP contribution in [-0.4, -0.2) is 15.9 Å². The van der Waals surface area contributed by atoms with Crippen LogP contribution in [0.25, 0.3) is 0 Å². The maximum absolute atomic E-state index is 13.3. The summed E-state index contributed by atoms with van der Waals surface area (Å²) < 4.78 is 13.3. The lowest BCUT2D eigenvalue weighted by Crippen LogP contribution is -2.16. The van der Waals surface area contributed by atoms with Gasteiger partial charge < -0.3 is 0 Å². The average molecular weight is 324 g/mol. The van der Waals surface area contributed by atoms with Gasteiger partial charge in [0.1, 0.15) is 5.82 Å². The molecule has 1 atom stereocenters. The minimum Gasteiger partial charge on any atom is -0.293 e. The Morgan fingerprint density at radius 2 is 2.21 bits per heavy atom.